The number of hydrogen-bond acceptors (Lipinski definition) is 14. The van der Waals surface area contributed by atoms with Crippen LogP contribution >= 0.6 is 11.3 Å². The number of nitriles is 2. The third-order valence-corrected chi connectivity index (χ3v) is 10.6. The maximum atomic E-state index is 12.2. The molecule has 13 nitrogen and oxygen atoms in total. The molecular weight excluding hydrogens is 735 g/mol. The number of esters is 1. The minimum absolute atomic E-state index is 0.166. The second-order valence-electron chi connectivity index (χ2n) is 13.2. The number of rotatable bonds is 25. The van der Waals surface area contributed by atoms with E-state index < -0.39 is 0 Å². The highest BCUT2D eigenvalue weighted by Crippen LogP contribution is 2.36. The van der Waals surface area contributed by atoms with Crippen molar-refractivity contribution in [3.05, 3.63) is 75.7 Å². The molecule has 1 heterocycles. The number of aryl methyl sites for hydroxylation is 1. The highest BCUT2D eigenvalue weighted by atomic mass is 32.1. The van der Waals surface area contributed by atoms with Crippen LogP contribution in [0.15, 0.2) is 58.8 Å². The quantitative estimate of drug-likeness (QED) is 0.0357. The number of anilines is 1. The Labute approximate surface area is 334 Å². The summed E-state index contributed by atoms with van der Waals surface area (Å²) in [5, 5.41) is 28.0. The molecular formula is C42H53N5O8S. The standard InChI is InChI=1S/C42H53N5O8S/c1-4-47(35-14-15-38(31(2)26-35)45-46-41-37(27-43)32(3)40(28-44)56-41)29-39(33-10-6-5-7-11-33)54-24-22-52-20-18-50-16-17-51-19-21-53-23-25-55-42(49)36-13-9-8-12-34(36)30-48/h5-7,10-11,14-15,26,30,34,36,39H,4,8-9,12-13,16-25,29H2,1-3H3/b46-45+. The van der Waals surface area contributed by atoms with Gasteiger partial charge in [0.1, 0.15) is 36.0 Å². The van der Waals surface area contributed by atoms with Crippen LogP contribution in [0.25, 0.3) is 0 Å². The predicted molar refractivity (Wildman–Crippen MR) is 213 cm³/mol. The van der Waals surface area contributed by atoms with Crippen molar-refractivity contribution < 1.29 is 38.0 Å². The average Bonchev–Trinajstić information content (AvgIpc) is 3.54. The number of hydrogen-bond donors (Lipinski definition) is 0. The number of likely N-dealkylation sites (N-methyl/N-ethyl adjacent to an activating group) is 1. The zero-order chi connectivity index (χ0) is 40.0. The summed E-state index contributed by atoms with van der Waals surface area (Å²) in [4.78, 5) is 26.2. The summed E-state index contributed by atoms with van der Waals surface area (Å²) < 4.78 is 34.1. The summed E-state index contributed by atoms with van der Waals surface area (Å²) in [5.74, 6) is -0.854. The van der Waals surface area contributed by atoms with Crippen LogP contribution in [0.3, 0.4) is 0 Å². The topological polar surface area (TPSA) is 165 Å². The van der Waals surface area contributed by atoms with E-state index in [2.05, 4.69) is 52.4 Å². The van der Waals surface area contributed by atoms with Crippen LogP contribution in [0.1, 0.15) is 65.8 Å². The van der Waals surface area contributed by atoms with Gasteiger partial charge in [0.05, 0.1) is 76.6 Å². The molecule has 300 valence electrons. The third kappa shape index (κ3) is 13.9. The SMILES string of the molecule is CCN(CC(OCCOCCOCCOCCOCCOC(=O)C1CCCCC1C=O)c1ccccc1)c1ccc(/N=N/c2sc(C#N)c(C)c2C#N)c(C)c1. The van der Waals surface area contributed by atoms with Gasteiger partial charge < -0.3 is 38.1 Å². The zero-order valence-corrected chi connectivity index (χ0v) is 33.5. The lowest BCUT2D eigenvalue weighted by atomic mass is 9.80. The Kier molecular flexibility index (Phi) is 19.6. The Bertz CT molecular complexity index is 1770. The van der Waals surface area contributed by atoms with Crippen LogP contribution in [0, 0.1) is 48.3 Å². The molecule has 1 aliphatic rings. The van der Waals surface area contributed by atoms with Gasteiger partial charge in [-0.05, 0) is 68.5 Å². The molecule has 56 heavy (non-hydrogen) atoms. The van der Waals surface area contributed by atoms with Gasteiger partial charge in [-0.3, -0.25) is 4.79 Å². The van der Waals surface area contributed by atoms with Crippen LogP contribution in [-0.4, -0.2) is 91.4 Å². The first-order valence-electron chi connectivity index (χ1n) is 19.2. The normalized spacial score (nSPS) is 15.9. The molecule has 0 N–H and O–H groups in total. The van der Waals surface area contributed by atoms with Crippen molar-refractivity contribution in [3.8, 4) is 12.1 Å². The van der Waals surface area contributed by atoms with Crippen LogP contribution < -0.4 is 4.90 Å². The van der Waals surface area contributed by atoms with E-state index in [1.54, 1.807) is 6.92 Å². The highest BCUT2D eigenvalue weighted by Gasteiger charge is 2.31. The third-order valence-electron chi connectivity index (χ3n) is 9.51. The van der Waals surface area contributed by atoms with Gasteiger partial charge in [-0.2, -0.15) is 10.5 Å². The van der Waals surface area contributed by atoms with Crippen LogP contribution in [0.2, 0.25) is 0 Å². The van der Waals surface area contributed by atoms with Crippen molar-refractivity contribution in [2.75, 3.05) is 84.1 Å². The predicted octanol–water partition coefficient (Wildman–Crippen LogP) is 7.72. The van der Waals surface area contributed by atoms with Gasteiger partial charge in [0.25, 0.3) is 0 Å². The molecule has 0 saturated heterocycles. The van der Waals surface area contributed by atoms with Crippen molar-refractivity contribution in [1.29, 1.82) is 10.5 Å². The molecule has 14 heteroatoms. The average molecular weight is 788 g/mol. The van der Waals surface area contributed by atoms with Crippen LogP contribution in [0.4, 0.5) is 16.4 Å². The summed E-state index contributed by atoms with van der Waals surface area (Å²) in [7, 11) is 0. The van der Waals surface area contributed by atoms with E-state index >= 15 is 0 Å². The molecule has 2 aromatic carbocycles. The first-order valence-corrected chi connectivity index (χ1v) is 20.0. The van der Waals surface area contributed by atoms with Crippen LogP contribution in [0.5, 0.6) is 0 Å². The number of nitrogens with zero attached hydrogens (tertiary/aromatic N) is 5. The molecule has 0 bridgehead atoms. The second-order valence-corrected chi connectivity index (χ2v) is 14.2. The molecule has 1 saturated carbocycles. The van der Waals surface area contributed by atoms with Gasteiger partial charge in [-0.1, -0.05) is 43.2 Å². The molecule has 3 atom stereocenters. The largest absolute Gasteiger partial charge is 0.463 e. The van der Waals surface area contributed by atoms with Crippen molar-refractivity contribution in [2.24, 2.45) is 22.1 Å². The molecule has 0 amide bonds. The van der Waals surface area contributed by atoms with Crippen molar-refractivity contribution >= 4 is 40.0 Å². The van der Waals surface area contributed by atoms with E-state index in [1.165, 1.54) is 11.3 Å². The Morgan fingerprint density at radius 3 is 2.12 bits per heavy atom. The first-order chi connectivity index (χ1) is 27.4. The first kappa shape index (κ1) is 44.2. The van der Waals surface area contributed by atoms with Gasteiger partial charge >= 0.3 is 5.97 Å². The Morgan fingerprint density at radius 1 is 0.875 bits per heavy atom. The fourth-order valence-electron chi connectivity index (χ4n) is 6.33. The Morgan fingerprint density at radius 2 is 1.52 bits per heavy atom. The summed E-state index contributed by atoms with van der Waals surface area (Å²) in [6, 6.07) is 20.4. The summed E-state index contributed by atoms with van der Waals surface area (Å²) in [5.41, 5.74) is 4.74. The van der Waals surface area contributed by atoms with Crippen molar-refractivity contribution in [1.82, 2.24) is 0 Å². The number of benzene rings is 2. The maximum Gasteiger partial charge on any atom is 0.309 e. The van der Waals surface area contributed by atoms with Crippen molar-refractivity contribution in [2.45, 2.75) is 52.6 Å². The summed E-state index contributed by atoms with van der Waals surface area (Å²) in [6.07, 6.45) is 4.09. The number of azo groups is 1. The fraction of sp³-hybridized carbons (Fsp3) is 0.524. The lowest BCUT2D eigenvalue weighted by molar-refractivity contribution is -0.154. The van der Waals surface area contributed by atoms with E-state index in [0.717, 1.165) is 48.9 Å². The number of thiophene rings is 1. The van der Waals surface area contributed by atoms with E-state index in [4.69, 9.17) is 28.4 Å². The lowest BCUT2D eigenvalue weighted by Gasteiger charge is -2.29. The summed E-state index contributed by atoms with van der Waals surface area (Å²) >= 11 is 1.17. The van der Waals surface area contributed by atoms with E-state index in [9.17, 15) is 20.1 Å². The molecule has 0 aliphatic heterocycles. The lowest BCUT2D eigenvalue weighted by Crippen LogP contribution is -2.30. The number of ether oxygens (including phenoxy) is 6. The number of aldehydes is 1. The minimum Gasteiger partial charge on any atom is -0.463 e. The van der Waals surface area contributed by atoms with Crippen LogP contribution in [-0.2, 0) is 38.0 Å². The number of carbonyl (C=O) groups excluding carboxylic acids is 2. The van der Waals surface area contributed by atoms with Gasteiger partial charge in [0, 0.05) is 24.7 Å². The fourth-order valence-corrected chi connectivity index (χ4v) is 7.21. The second kappa shape index (κ2) is 24.9. The van der Waals surface area contributed by atoms with Gasteiger partial charge in [0.15, 0.2) is 5.00 Å². The zero-order valence-electron chi connectivity index (χ0n) is 32.7. The van der Waals surface area contributed by atoms with E-state index in [0.29, 0.717) is 92.5 Å². The minimum atomic E-state index is -0.323. The van der Waals surface area contributed by atoms with Gasteiger partial charge in [0.2, 0.25) is 0 Å². The Balaban J connectivity index is 1.10. The van der Waals surface area contributed by atoms with Gasteiger partial charge in [-0.25, -0.2) is 0 Å². The smallest absolute Gasteiger partial charge is 0.309 e. The molecule has 4 rings (SSSR count). The molecule has 1 aliphatic carbocycles. The van der Waals surface area contributed by atoms with Crippen molar-refractivity contribution in [3.63, 3.8) is 0 Å². The van der Waals surface area contributed by atoms with E-state index in [1.807, 2.05) is 37.3 Å². The highest BCUT2D eigenvalue weighted by molar-refractivity contribution is 7.16. The molecule has 0 radical (unpaired) electrons. The molecule has 1 aromatic heterocycles. The molecule has 1 fully saturated rings. The molecule has 0 spiro atoms. The number of carbonyl (C=O) groups is 2. The van der Waals surface area contributed by atoms with E-state index in [-0.39, 0.29) is 37.1 Å². The van der Waals surface area contributed by atoms with Gasteiger partial charge in [-0.15, -0.1) is 21.6 Å². The monoisotopic (exact) mass is 787 g/mol. The summed E-state index contributed by atoms with van der Waals surface area (Å²) in [6.45, 7) is 11.0. The Hall–Kier alpha value is -4.54. The maximum absolute atomic E-state index is 12.2. The molecule has 3 aromatic rings. The molecule has 3 unspecified atom stereocenters.